The Labute approximate surface area is 108 Å². The highest BCUT2D eigenvalue weighted by atomic mass is 19.4. The van der Waals surface area contributed by atoms with Gasteiger partial charge in [-0.05, 0) is 26.0 Å². The molecule has 0 saturated heterocycles. The van der Waals surface area contributed by atoms with Crippen molar-refractivity contribution in [3.05, 3.63) is 35.4 Å². The summed E-state index contributed by atoms with van der Waals surface area (Å²) in [6.07, 6.45) is -4.46. The Morgan fingerprint density at radius 2 is 1.53 bits per heavy atom. The Morgan fingerprint density at radius 3 is 1.89 bits per heavy atom. The molecule has 0 heterocycles. The molecule has 1 rings (SSSR count). The van der Waals surface area contributed by atoms with Crippen LogP contribution in [0.4, 0.5) is 13.2 Å². The highest BCUT2D eigenvalue weighted by molar-refractivity contribution is 6.11. The first-order chi connectivity index (χ1) is 8.60. The normalized spacial score (nSPS) is 12.1. The second kappa shape index (κ2) is 5.03. The minimum Gasteiger partial charge on any atom is -0.468 e. The number of methoxy groups -OCH3 is 1. The zero-order valence-electron chi connectivity index (χ0n) is 10.7. The van der Waals surface area contributed by atoms with Crippen LogP contribution >= 0.6 is 0 Å². The number of Topliss-reactive ketones (excluding diaryl/α,β-unsaturated/α-hetero) is 1. The van der Waals surface area contributed by atoms with Crippen LogP contribution in [0.25, 0.3) is 0 Å². The van der Waals surface area contributed by atoms with E-state index >= 15 is 0 Å². The Kier molecular flexibility index (Phi) is 4.03. The maximum atomic E-state index is 12.4. The third kappa shape index (κ3) is 3.13. The molecule has 0 amide bonds. The van der Waals surface area contributed by atoms with E-state index in [0.29, 0.717) is 0 Å². The van der Waals surface area contributed by atoms with Crippen LogP contribution in [-0.2, 0) is 15.7 Å². The van der Waals surface area contributed by atoms with Crippen molar-refractivity contribution in [3.63, 3.8) is 0 Å². The summed E-state index contributed by atoms with van der Waals surface area (Å²) >= 11 is 0. The predicted molar refractivity (Wildman–Crippen MR) is 61.6 cm³/mol. The van der Waals surface area contributed by atoms with Crippen molar-refractivity contribution in [2.75, 3.05) is 7.11 Å². The van der Waals surface area contributed by atoms with Crippen molar-refractivity contribution in [2.24, 2.45) is 5.41 Å². The summed E-state index contributed by atoms with van der Waals surface area (Å²) in [4.78, 5) is 23.5. The summed E-state index contributed by atoms with van der Waals surface area (Å²) < 4.78 is 41.6. The van der Waals surface area contributed by atoms with Crippen molar-refractivity contribution in [1.29, 1.82) is 0 Å². The molecule has 0 atom stereocenters. The molecule has 0 aliphatic carbocycles. The van der Waals surface area contributed by atoms with Gasteiger partial charge in [0.1, 0.15) is 5.41 Å². The molecule has 0 N–H and O–H groups in total. The van der Waals surface area contributed by atoms with Gasteiger partial charge in [-0.3, -0.25) is 9.59 Å². The smallest absolute Gasteiger partial charge is 0.416 e. The Bertz CT molecular complexity index is 487. The molecule has 0 fully saturated rings. The van der Waals surface area contributed by atoms with Crippen LogP contribution in [0.5, 0.6) is 0 Å². The zero-order chi connectivity index (χ0) is 14.8. The number of ketones is 1. The number of alkyl halides is 3. The first kappa shape index (κ1) is 15.2. The first-order valence-corrected chi connectivity index (χ1v) is 5.41. The molecule has 3 nitrogen and oxygen atoms in total. The molecule has 0 saturated carbocycles. The lowest BCUT2D eigenvalue weighted by Crippen LogP contribution is -2.34. The molecular formula is C13H13F3O3. The molecule has 1 aromatic carbocycles. The summed E-state index contributed by atoms with van der Waals surface area (Å²) in [6.45, 7) is 2.72. The second-order valence-corrected chi connectivity index (χ2v) is 4.52. The quantitative estimate of drug-likeness (QED) is 0.483. The average Bonchev–Trinajstić information content (AvgIpc) is 2.35. The number of carbonyl (C=O) groups excluding carboxylic acids is 2. The second-order valence-electron chi connectivity index (χ2n) is 4.52. The highest BCUT2D eigenvalue weighted by Gasteiger charge is 2.38. The molecule has 0 aliphatic heterocycles. The Balaban J connectivity index is 3.06. The fraction of sp³-hybridized carbons (Fsp3) is 0.385. The molecule has 6 heteroatoms. The van der Waals surface area contributed by atoms with E-state index in [0.717, 1.165) is 31.4 Å². The van der Waals surface area contributed by atoms with E-state index in [2.05, 4.69) is 4.74 Å². The lowest BCUT2D eigenvalue weighted by molar-refractivity contribution is -0.148. The molecule has 19 heavy (non-hydrogen) atoms. The highest BCUT2D eigenvalue weighted by Crippen LogP contribution is 2.30. The van der Waals surface area contributed by atoms with Crippen LogP contribution in [0.1, 0.15) is 29.8 Å². The largest absolute Gasteiger partial charge is 0.468 e. The van der Waals surface area contributed by atoms with Gasteiger partial charge in [-0.1, -0.05) is 12.1 Å². The fourth-order valence-electron chi connectivity index (χ4n) is 1.52. The summed E-state index contributed by atoms with van der Waals surface area (Å²) in [7, 11) is 1.14. The number of benzene rings is 1. The number of carbonyl (C=O) groups is 2. The fourth-order valence-corrected chi connectivity index (χ4v) is 1.52. The van der Waals surface area contributed by atoms with Gasteiger partial charge in [0, 0.05) is 5.56 Å². The van der Waals surface area contributed by atoms with Gasteiger partial charge in [-0.15, -0.1) is 0 Å². The predicted octanol–water partition coefficient (Wildman–Crippen LogP) is 3.09. The molecule has 0 aliphatic rings. The van der Waals surface area contributed by atoms with Crippen molar-refractivity contribution in [3.8, 4) is 0 Å². The SMILES string of the molecule is COC(=O)C(C)(C)C(=O)c1ccc(C(F)(F)F)cc1. The summed E-state index contributed by atoms with van der Waals surface area (Å²) in [5.74, 6) is -1.33. The van der Waals surface area contributed by atoms with E-state index in [9.17, 15) is 22.8 Å². The van der Waals surface area contributed by atoms with Gasteiger partial charge in [0.15, 0.2) is 5.78 Å². The van der Waals surface area contributed by atoms with Gasteiger partial charge in [0.25, 0.3) is 0 Å². The van der Waals surface area contributed by atoms with Crippen LogP contribution in [0.2, 0.25) is 0 Å². The number of halogens is 3. The summed E-state index contributed by atoms with van der Waals surface area (Å²) in [6, 6.07) is 3.72. The van der Waals surface area contributed by atoms with Crippen LogP contribution in [0.3, 0.4) is 0 Å². The molecule has 0 bridgehead atoms. The minimum absolute atomic E-state index is 0.0309. The van der Waals surface area contributed by atoms with Crippen LogP contribution in [-0.4, -0.2) is 18.9 Å². The summed E-state index contributed by atoms with van der Waals surface area (Å²) in [5, 5.41) is 0. The number of rotatable bonds is 3. The van der Waals surface area contributed by atoms with E-state index in [-0.39, 0.29) is 5.56 Å². The van der Waals surface area contributed by atoms with Crippen molar-refractivity contribution in [1.82, 2.24) is 0 Å². The molecule has 0 spiro atoms. The van der Waals surface area contributed by atoms with Gasteiger partial charge in [-0.25, -0.2) is 0 Å². The maximum absolute atomic E-state index is 12.4. The molecular weight excluding hydrogens is 261 g/mol. The van der Waals surface area contributed by atoms with Gasteiger partial charge < -0.3 is 4.74 Å². The van der Waals surface area contributed by atoms with Crippen LogP contribution in [0.15, 0.2) is 24.3 Å². The van der Waals surface area contributed by atoms with E-state index < -0.39 is 28.9 Å². The lowest BCUT2D eigenvalue weighted by atomic mass is 9.84. The van der Waals surface area contributed by atoms with E-state index in [1.165, 1.54) is 13.8 Å². The van der Waals surface area contributed by atoms with E-state index in [4.69, 9.17) is 0 Å². The molecule has 0 aromatic heterocycles. The summed E-state index contributed by atoms with van der Waals surface area (Å²) in [5.41, 5.74) is -2.25. The monoisotopic (exact) mass is 274 g/mol. The number of hydrogen-bond acceptors (Lipinski definition) is 3. The minimum atomic E-state index is -4.46. The molecule has 104 valence electrons. The third-order valence-electron chi connectivity index (χ3n) is 2.74. The standard InChI is InChI=1S/C13H13F3O3/c1-12(2,11(18)19-3)10(17)8-4-6-9(7-5-8)13(14,15)16/h4-7H,1-3H3. The lowest BCUT2D eigenvalue weighted by Gasteiger charge is -2.20. The Hall–Kier alpha value is -1.85. The topological polar surface area (TPSA) is 43.4 Å². The number of ether oxygens (including phenoxy) is 1. The van der Waals surface area contributed by atoms with Crippen molar-refractivity contribution in [2.45, 2.75) is 20.0 Å². The number of esters is 1. The molecule has 0 unspecified atom stereocenters. The zero-order valence-corrected chi connectivity index (χ0v) is 10.7. The van der Waals surface area contributed by atoms with Crippen LogP contribution < -0.4 is 0 Å². The first-order valence-electron chi connectivity index (χ1n) is 5.41. The van der Waals surface area contributed by atoms with Gasteiger partial charge in [0.2, 0.25) is 0 Å². The van der Waals surface area contributed by atoms with Crippen LogP contribution in [0, 0.1) is 5.41 Å². The van der Waals surface area contributed by atoms with Gasteiger partial charge in [-0.2, -0.15) is 13.2 Å². The van der Waals surface area contributed by atoms with Crippen molar-refractivity contribution >= 4 is 11.8 Å². The van der Waals surface area contributed by atoms with Gasteiger partial charge in [0.05, 0.1) is 12.7 Å². The third-order valence-corrected chi connectivity index (χ3v) is 2.74. The maximum Gasteiger partial charge on any atom is 0.416 e. The Morgan fingerprint density at radius 1 is 1.05 bits per heavy atom. The molecule has 0 radical (unpaired) electrons. The van der Waals surface area contributed by atoms with Gasteiger partial charge >= 0.3 is 12.1 Å². The van der Waals surface area contributed by atoms with Crippen molar-refractivity contribution < 1.29 is 27.5 Å². The average molecular weight is 274 g/mol. The van der Waals surface area contributed by atoms with E-state index in [1.807, 2.05) is 0 Å². The van der Waals surface area contributed by atoms with E-state index in [1.54, 1.807) is 0 Å². The number of hydrogen-bond donors (Lipinski definition) is 0. The molecule has 1 aromatic rings.